The maximum absolute atomic E-state index is 12.4. The number of carboxylic acid groups (broad SMARTS) is 1. The lowest BCUT2D eigenvalue weighted by Crippen LogP contribution is -2.62. The monoisotopic (exact) mass is 485 g/mol. The zero-order chi connectivity index (χ0) is 23.3. The van der Waals surface area contributed by atoms with E-state index in [0.29, 0.717) is 5.75 Å². The lowest BCUT2D eigenvalue weighted by Gasteiger charge is -2.47. The minimum atomic E-state index is -1.20. The number of hydrogen-bond donors (Lipinski definition) is 5. The standard InChI is InChI=1S/C16H19N7O7S2/c17-2-3-30-22-10(8-6-32-15(18)19-8)11(24)20-21-16(28)29-5-7-12(25)23-9(14(26)27)1-4-31-13(7)23/h1,6-7,13H,2-5,17H2,(H2,18,19)(H,20,24)(H,21,28)(H,26,27)/b22-10+. The molecular formula is C16H19N7O7S2. The third-order valence-electron chi connectivity index (χ3n) is 4.19. The molecule has 0 radical (unpaired) electrons. The van der Waals surface area contributed by atoms with Crippen molar-refractivity contribution in [1.82, 2.24) is 20.7 Å². The number of hydrazine groups is 1. The Kier molecular flexibility index (Phi) is 7.49. The van der Waals surface area contributed by atoms with Crippen LogP contribution in [0.5, 0.6) is 0 Å². The molecule has 0 spiro atoms. The van der Waals surface area contributed by atoms with Crippen LogP contribution in [0.4, 0.5) is 9.93 Å². The van der Waals surface area contributed by atoms with E-state index in [2.05, 4.69) is 15.6 Å². The number of nitrogens with one attached hydrogen (secondary N) is 2. The smallest absolute Gasteiger partial charge is 0.426 e. The van der Waals surface area contributed by atoms with Gasteiger partial charge in [-0.2, -0.15) is 0 Å². The second-order valence-electron chi connectivity index (χ2n) is 6.24. The molecule has 2 aliphatic heterocycles. The number of hydrogen-bond acceptors (Lipinski definition) is 12. The molecule has 32 heavy (non-hydrogen) atoms. The molecule has 0 aromatic carbocycles. The molecule has 3 heterocycles. The maximum atomic E-state index is 12.4. The van der Waals surface area contributed by atoms with Crippen LogP contribution in [0.15, 0.2) is 22.3 Å². The van der Waals surface area contributed by atoms with Crippen molar-refractivity contribution in [1.29, 1.82) is 0 Å². The molecule has 1 fully saturated rings. The summed E-state index contributed by atoms with van der Waals surface area (Å²) >= 11 is 2.44. The van der Waals surface area contributed by atoms with E-state index in [4.69, 9.17) is 26.1 Å². The second kappa shape index (κ2) is 10.3. The van der Waals surface area contributed by atoms with Crippen LogP contribution in [-0.2, 0) is 24.0 Å². The fourth-order valence-electron chi connectivity index (χ4n) is 2.77. The number of thiazole rings is 1. The molecule has 16 heteroatoms. The second-order valence-corrected chi connectivity index (χ2v) is 8.28. The quantitative estimate of drug-likeness (QED) is 0.126. The van der Waals surface area contributed by atoms with Crippen LogP contribution in [-0.4, -0.2) is 75.5 Å². The number of thioether (sulfide) groups is 1. The van der Waals surface area contributed by atoms with Crippen molar-refractivity contribution in [2.75, 3.05) is 31.2 Å². The lowest BCUT2D eigenvalue weighted by molar-refractivity contribution is -0.154. The number of aliphatic carboxylic acids is 1. The van der Waals surface area contributed by atoms with Crippen LogP contribution in [0.25, 0.3) is 0 Å². The fraction of sp³-hybridized carbons (Fsp3) is 0.375. The van der Waals surface area contributed by atoms with Crippen molar-refractivity contribution < 1.29 is 33.9 Å². The minimum Gasteiger partial charge on any atom is -0.477 e. The van der Waals surface area contributed by atoms with Gasteiger partial charge in [0.1, 0.15) is 30.5 Å². The summed E-state index contributed by atoms with van der Waals surface area (Å²) in [5, 5.41) is 14.1. The fourth-order valence-corrected chi connectivity index (χ4v) is 4.56. The van der Waals surface area contributed by atoms with Gasteiger partial charge in [-0.1, -0.05) is 5.16 Å². The third kappa shape index (κ3) is 5.09. The van der Waals surface area contributed by atoms with Crippen LogP contribution < -0.4 is 22.3 Å². The number of carbonyl (C=O) groups excluding carboxylic acids is 3. The van der Waals surface area contributed by atoms with Crippen molar-refractivity contribution in [3.63, 3.8) is 0 Å². The summed E-state index contributed by atoms with van der Waals surface area (Å²) < 4.78 is 4.99. The van der Waals surface area contributed by atoms with E-state index in [9.17, 15) is 19.2 Å². The number of nitrogen functional groups attached to an aromatic ring is 1. The van der Waals surface area contributed by atoms with Crippen LogP contribution >= 0.6 is 23.1 Å². The predicted molar refractivity (Wildman–Crippen MR) is 113 cm³/mol. The Morgan fingerprint density at radius 2 is 2.16 bits per heavy atom. The molecule has 1 saturated heterocycles. The van der Waals surface area contributed by atoms with E-state index < -0.39 is 35.2 Å². The summed E-state index contributed by atoms with van der Waals surface area (Å²) in [5.74, 6) is -2.78. The van der Waals surface area contributed by atoms with Gasteiger partial charge in [-0.15, -0.1) is 23.1 Å². The van der Waals surface area contributed by atoms with Gasteiger partial charge in [-0.25, -0.2) is 20.0 Å². The predicted octanol–water partition coefficient (Wildman–Crippen LogP) is -1.34. The minimum absolute atomic E-state index is 0.0518. The van der Waals surface area contributed by atoms with E-state index in [1.54, 1.807) is 0 Å². The summed E-state index contributed by atoms with van der Waals surface area (Å²) in [5.41, 5.74) is 14.8. The Labute approximate surface area is 188 Å². The first-order valence-corrected chi connectivity index (χ1v) is 11.0. The van der Waals surface area contributed by atoms with Crippen molar-refractivity contribution in [3.05, 3.63) is 22.8 Å². The summed E-state index contributed by atoms with van der Waals surface area (Å²) in [6, 6.07) is 0. The molecule has 2 unspecified atom stereocenters. The average Bonchev–Trinajstić information content (AvgIpc) is 3.20. The highest BCUT2D eigenvalue weighted by molar-refractivity contribution is 8.00. The molecule has 3 amide bonds. The highest BCUT2D eigenvalue weighted by Crippen LogP contribution is 2.41. The van der Waals surface area contributed by atoms with Crippen molar-refractivity contribution in [2.24, 2.45) is 16.8 Å². The molecular weight excluding hydrogens is 466 g/mol. The summed E-state index contributed by atoms with van der Waals surface area (Å²) in [6.07, 6.45) is 0.423. The summed E-state index contributed by atoms with van der Waals surface area (Å²) in [7, 11) is 0. The summed E-state index contributed by atoms with van der Waals surface area (Å²) in [4.78, 5) is 57.8. The maximum Gasteiger partial charge on any atom is 0.426 e. The SMILES string of the molecule is NCCO/N=C(/C(=O)NNC(=O)OCC1C(=O)N2C(C(=O)O)=CCSC12)c1csc(N)n1. The van der Waals surface area contributed by atoms with Crippen LogP contribution in [0.1, 0.15) is 5.69 Å². The molecule has 1 aromatic heterocycles. The van der Waals surface area contributed by atoms with E-state index in [-0.39, 0.29) is 42.0 Å². The first kappa shape index (κ1) is 23.3. The average molecular weight is 486 g/mol. The number of amides is 3. The van der Waals surface area contributed by atoms with E-state index >= 15 is 0 Å². The lowest BCUT2D eigenvalue weighted by atomic mass is 9.97. The van der Waals surface area contributed by atoms with Crippen LogP contribution in [0.2, 0.25) is 0 Å². The van der Waals surface area contributed by atoms with Gasteiger partial charge in [0.25, 0.3) is 5.91 Å². The number of rotatable bonds is 8. The first-order valence-electron chi connectivity index (χ1n) is 9.06. The molecule has 2 aliphatic rings. The number of β-lactam (4-membered cyclic amide) rings is 1. The van der Waals surface area contributed by atoms with Gasteiger partial charge in [0, 0.05) is 17.7 Å². The van der Waals surface area contributed by atoms with Crippen LogP contribution in [0.3, 0.4) is 0 Å². The molecule has 14 nitrogen and oxygen atoms in total. The first-order chi connectivity index (χ1) is 15.3. The summed E-state index contributed by atoms with van der Waals surface area (Å²) in [6.45, 7) is -0.0659. The molecule has 2 atom stereocenters. The number of carboxylic acids is 1. The molecule has 0 aliphatic carbocycles. The number of nitrogens with two attached hydrogens (primary N) is 2. The van der Waals surface area contributed by atoms with E-state index in [0.717, 1.165) is 16.2 Å². The number of ether oxygens (including phenoxy) is 1. The van der Waals surface area contributed by atoms with Gasteiger partial charge in [0.05, 0.1) is 5.37 Å². The van der Waals surface area contributed by atoms with E-state index in [1.807, 2.05) is 5.43 Å². The Hall–Kier alpha value is -3.37. The molecule has 172 valence electrons. The number of nitrogens with zero attached hydrogens (tertiary/aromatic N) is 3. The van der Waals surface area contributed by atoms with Gasteiger partial charge in [-0.05, 0) is 6.08 Å². The van der Waals surface area contributed by atoms with E-state index in [1.165, 1.54) is 23.2 Å². The largest absolute Gasteiger partial charge is 0.477 e. The van der Waals surface area contributed by atoms with Crippen molar-refractivity contribution in [3.8, 4) is 0 Å². The number of carbonyl (C=O) groups is 4. The Bertz CT molecular complexity index is 980. The number of aromatic nitrogens is 1. The Morgan fingerprint density at radius 3 is 2.81 bits per heavy atom. The number of anilines is 1. The van der Waals surface area contributed by atoms with Crippen molar-refractivity contribution >= 4 is 57.8 Å². The molecule has 0 bridgehead atoms. The Balaban J connectivity index is 1.50. The molecule has 1 aromatic rings. The number of fused-ring (bicyclic) bond motifs is 1. The number of oxime groups is 1. The highest BCUT2D eigenvalue weighted by atomic mass is 32.2. The van der Waals surface area contributed by atoms with Crippen LogP contribution in [0, 0.1) is 5.92 Å². The van der Waals surface area contributed by atoms with Gasteiger partial charge in [-0.3, -0.25) is 19.9 Å². The molecule has 7 N–H and O–H groups in total. The van der Waals surface area contributed by atoms with Crippen molar-refractivity contribution in [2.45, 2.75) is 5.37 Å². The molecule has 0 saturated carbocycles. The zero-order valence-corrected chi connectivity index (χ0v) is 18.0. The highest BCUT2D eigenvalue weighted by Gasteiger charge is 2.52. The third-order valence-corrected chi connectivity index (χ3v) is 6.11. The van der Waals surface area contributed by atoms with Gasteiger partial charge < -0.3 is 26.1 Å². The Morgan fingerprint density at radius 1 is 1.38 bits per heavy atom. The van der Waals surface area contributed by atoms with Gasteiger partial charge >= 0.3 is 12.1 Å². The zero-order valence-electron chi connectivity index (χ0n) is 16.3. The normalized spacial score (nSPS) is 19.9. The van der Waals surface area contributed by atoms with Gasteiger partial charge in [0.15, 0.2) is 10.8 Å². The molecule has 3 rings (SSSR count). The van der Waals surface area contributed by atoms with Gasteiger partial charge in [0.2, 0.25) is 5.91 Å². The topological polar surface area (TPSA) is 212 Å².